The molecule has 2 aromatic rings. The van der Waals surface area contributed by atoms with E-state index in [-0.39, 0.29) is 5.41 Å². The van der Waals surface area contributed by atoms with Crippen molar-refractivity contribution in [3.63, 3.8) is 0 Å². The molecule has 1 aromatic carbocycles. The average molecular weight is 298 g/mol. The average Bonchev–Trinajstić information content (AvgIpc) is 2.79. The monoisotopic (exact) mass is 297 g/mol. The van der Waals surface area contributed by atoms with E-state index in [1.807, 2.05) is 18.3 Å². The third kappa shape index (κ3) is 3.23. The summed E-state index contributed by atoms with van der Waals surface area (Å²) in [6.07, 6.45) is 1.84. The highest BCUT2D eigenvalue weighted by Gasteiger charge is 2.19. The first kappa shape index (κ1) is 14.2. The van der Waals surface area contributed by atoms with E-state index in [1.54, 1.807) is 6.07 Å². The Bertz CT molecular complexity index is 570. The van der Waals surface area contributed by atoms with Crippen LogP contribution in [0.3, 0.4) is 0 Å². The summed E-state index contributed by atoms with van der Waals surface area (Å²) < 4.78 is 0. The largest absolute Gasteiger partial charge is 0.380 e. The van der Waals surface area contributed by atoms with Gasteiger partial charge in [-0.2, -0.15) is 5.10 Å². The molecule has 1 aromatic heterocycles. The summed E-state index contributed by atoms with van der Waals surface area (Å²) >= 11 is 12.1. The van der Waals surface area contributed by atoms with Gasteiger partial charge in [-0.15, -0.1) is 0 Å². The lowest BCUT2D eigenvalue weighted by molar-refractivity contribution is 0.561. The second kappa shape index (κ2) is 5.43. The number of nitrogens with one attached hydrogen (secondary N) is 2. The molecule has 0 saturated heterocycles. The molecule has 19 heavy (non-hydrogen) atoms. The number of hydrogen-bond donors (Lipinski definition) is 2. The zero-order chi connectivity index (χ0) is 14.0. The van der Waals surface area contributed by atoms with E-state index < -0.39 is 0 Å². The molecule has 0 radical (unpaired) electrons. The van der Waals surface area contributed by atoms with Crippen molar-refractivity contribution in [1.29, 1.82) is 0 Å². The highest BCUT2D eigenvalue weighted by Crippen LogP contribution is 2.30. The van der Waals surface area contributed by atoms with Gasteiger partial charge in [0.05, 0.1) is 21.9 Å². The molecule has 3 nitrogen and oxygen atoms in total. The molecular weight excluding hydrogens is 281 g/mol. The number of rotatable bonds is 3. The number of aromatic nitrogens is 2. The highest BCUT2D eigenvalue weighted by atomic mass is 35.5. The molecule has 0 aliphatic heterocycles. The minimum Gasteiger partial charge on any atom is -0.380 e. The normalized spacial score (nSPS) is 11.6. The topological polar surface area (TPSA) is 40.7 Å². The Hall–Kier alpha value is -1.19. The maximum atomic E-state index is 6.15. The Kier molecular flexibility index (Phi) is 4.07. The van der Waals surface area contributed by atoms with Gasteiger partial charge in [-0.25, -0.2) is 0 Å². The summed E-state index contributed by atoms with van der Waals surface area (Å²) in [5, 5.41) is 11.6. The van der Waals surface area contributed by atoms with Crippen molar-refractivity contribution in [3.05, 3.63) is 45.7 Å². The summed E-state index contributed by atoms with van der Waals surface area (Å²) in [5.41, 5.74) is 3.11. The van der Waals surface area contributed by atoms with Crippen LogP contribution in [0.5, 0.6) is 0 Å². The number of benzene rings is 1. The van der Waals surface area contributed by atoms with Crippen molar-refractivity contribution in [2.45, 2.75) is 32.7 Å². The third-order valence-corrected chi connectivity index (χ3v) is 3.71. The van der Waals surface area contributed by atoms with E-state index in [1.165, 1.54) is 0 Å². The van der Waals surface area contributed by atoms with Gasteiger partial charge in [0, 0.05) is 23.2 Å². The van der Waals surface area contributed by atoms with E-state index in [2.05, 4.69) is 36.3 Å². The van der Waals surface area contributed by atoms with E-state index in [4.69, 9.17) is 23.2 Å². The zero-order valence-electron chi connectivity index (χ0n) is 11.2. The van der Waals surface area contributed by atoms with E-state index in [0.29, 0.717) is 16.6 Å². The van der Waals surface area contributed by atoms with Gasteiger partial charge >= 0.3 is 0 Å². The Morgan fingerprint density at radius 2 is 2.00 bits per heavy atom. The molecule has 102 valence electrons. The number of anilines is 1. The van der Waals surface area contributed by atoms with Gasteiger partial charge in [-0.05, 0) is 12.1 Å². The van der Waals surface area contributed by atoms with Crippen molar-refractivity contribution < 1.29 is 0 Å². The predicted molar refractivity (Wildman–Crippen MR) is 81.1 cm³/mol. The zero-order valence-corrected chi connectivity index (χ0v) is 12.7. The maximum Gasteiger partial charge on any atom is 0.0823 e. The third-order valence-electron chi connectivity index (χ3n) is 2.89. The quantitative estimate of drug-likeness (QED) is 0.867. The number of halogens is 2. The van der Waals surface area contributed by atoms with Crippen LogP contribution in [0.25, 0.3) is 0 Å². The molecule has 1 heterocycles. The van der Waals surface area contributed by atoms with E-state index in [0.717, 1.165) is 16.9 Å². The number of aromatic amines is 1. The van der Waals surface area contributed by atoms with Crippen molar-refractivity contribution in [1.82, 2.24) is 10.2 Å². The minimum absolute atomic E-state index is 0.0334. The van der Waals surface area contributed by atoms with Crippen LogP contribution in [0.4, 0.5) is 5.69 Å². The lowest BCUT2D eigenvalue weighted by Crippen LogP contribution is -2.15. The molecule has 0 unspecified atom stereocenters. The van der Waals surface area contributed by atoms with E-state index >= 15 is 0 Å². The lowest BCUT2D eigenvalue weighted by atomic mass is 9.89. The SMILES string of the molecule is CC(C)(C)c1[nH]ncc1CNc1cccc(Cl)c1Cl. The van der Waals surface area contributed by atoms with Gasteiger partial charge in [0.25, 0.3) is 0 Å². The van der Waals surface area contributed by atoms with Crippen molar-refractivity contribution in [3.8, 4) is 0 Å². The molecule has 0 spiro atoms. The van der Waals surface area contributed by atoms with Gasteiger partial charge in [-0.3, -0.25) is 5.10 Å². The van der Waals surface area contributed by atoms with Crippen molar-refractivity contribution in [2.24, 2.45) is 0 Å². The highest BCUT2D eigenvalue weighted by molar-refractivity contribution is 6.43. The first-order chi connectivity index (χ1) is 8.89. The van der Waals surface area contributed by atoms with Crippen LogP contribution in [0.1, 0.15) is 32.0 Å². The second-order valence-electron chi connectivity index (χ2n) is 5.48. The van der Waals surface area contributed by atoms with Gasteiger partial charge in [0.1, 0.15) is 0 Å². The summed E-state index contributed by atoms with van der Waals surface area (Å²) in [6.45, 7) is 7.10. The van der Waals surface area contributed by atoms with Crippen LogP contribution < -0.4 is 5.32 Å². The Morgan fingerprint density at radius 1 is 1.26 bits per heavy atom. The molecule has 2 rings (SSSR count). The lowest BCUT2D eigenvalue weighted by Gasteiger charge is -2.19. The van der Waals surface area contributed by atoms with Crippen LogP contribution in [-0.2, 0) is 12.0 Å². The summed E-state index contributed by atoms with van der Waals surface area (Å²) in [4.78, 5) is 0. The maximum absolute atomic E-state index is 6.15. The van der Waals surface area contributed by atoms with Crippen molar-refractivity contribution in [2.75, 3.05) is 5.32 Å². The van der Waals surface area contributed by atoms with E-state index in [9.17, 15) is 0 Å². The smallest absolute Gasteiger partial charge is 0.0823 e. The summed E-state index contributed by atoms with van der Waals surface area (Å²) in [6, 6.07) is 5.55. The van der Waals surface area contributed by atoms with Crippen molar-refractivity contribution >= 4 is 28.9 Å². The van der Waals surface area contributed by atoms with Crippen LogP contribution in [0.2, 0.25) is 10.0 Å². The molecule has 0 saturated carbocycles. The number of hydrogen-bond acceptors (Lipinski definition) is 2. The molecule has 0 aliphatic rings. The molecule has 0 amide bonds. The number of nitrogens with zero attached hydrogens (tertiary/aromatic N) is 1. The molecule has 2 N–H and O–H groups in total. The Labute approximate surface area is 123 Å². The van der Waals surface area contributed by atoms with Crippen LogP contribution in [0.15, 0.2) is 24.4 Å². The van der Waals surface area contributed by atoms with Gasteiger partial charge in [0.2, 0.25) is 0 Å². The predicted octanol–water partition coefficient (Wildman–Crippen LogP) is 4.63. The standard InChI is InChI=1S/C14H17Cl2N3/c1-14(2,3)13-9(8-18-19-13)7-17-11-6-4-5-10(15)12(11)16/h4-6,8,17H,7H2,1-3H3,(H,18,19). The second-order valence-corrected chi connectivity index (χ2v) is 6.26. The molecule has 0 fully saturated rings. The Balaban J connectivity index is 2.16. The van der Waals surface area contributed by atoms with Crippen LogP contribution in [-0.4, -0.2) is 10.2 Å². The Morgan fingerprint density at radius 3 is 2.68 bits per heavy atom. The first-order valence-corrected chi connectivity index (χ1v) is 6.86. The molecule has 5 heteroatoms. The fraction of sp³-hybridized carbons (Fsp3) is 0.357. The van der Waals surface area contributed by atoms with Gasteiger partial charge < -0.3 is 5.32 Å². The number of H-pyrrole nitrogens is 1. The fourth-order valence-corrected chi connectivity index (χ4v) is 2.29. The molecular formula is C14H17Cl2N3. The molecule has 0 aliphatic carbocycles. The summed E-state index contributed by atoms with van der Waals surface area (Å²) in [5.74, 6) is 0. The fourth-order valence-electron chi connectivity index (χ4n) is 1.93. The first-order valence-electron chi connectivity index (χ1n) is 6.10. The summed E-state index contributed by atoms with van der Waals surface area (Å²) in [7, 11) is 0. The molecule has 0 atom stereocenters. The molecule has 0 bridgehead atoms. The van der Waals surface area contributed by atoms with Gasteiger partial charge in [-0.1, -0.05) is 50.0 Å². The minimum atomic E-state index is 0.0334. The van der Waals surface area contributed by atoms with Crippen LogP contribution in [0, 0.1) is 0 Å². The van der Waals surface area contributed by atoms with Crippen LogP contribution >= 0.6 is 23.2 Å². The van der Waals surface area contributed by atoms with Gasteiger partial charge in [0.15, 0.2) is 0 Å².